The maximum Gasteiger partial charge on any atom is 0.250 e. The number of aryl methyl sites for hydroxylation is 3. The molecule has 2 aromatic heterocycles. The van der Waals surface area contributed by atoms with E-state index in [0.717, 1.165) is 17.9 Å². The Hall–Kier alpha value is -2.30. The molecule has 0 saturated carbocycles. The smallest absolute Gasteiger partial charge is 0.250 e. The van der Waals surface area contributed by atoms with Crippen LogP contribution < -0.4 is 10.9 Å². The van der Waals surface area contributed by atoms with E-state index in [1.165, 1.54) is 6.07 Å². The number of nitrogens with one attached hydrogen (secondary N) is 1. The third kappa shape index (κ3) is 4.34. The molecule has 0 aromatic carbocycles. The van der Waals surface area contributed by atoms with Crippen LogP contribution in [-0.2, 0) is 17.8 Å². The number of hydrogen-bond acceptors (Lipinski definition) is 3. The van der Waals surface area contributed by atoms with Gasteiger partial charge >= 0.3 is 0 Å². The first-order valence-corrected chi connectivity index (χ1v) is 7.14. The summed E-state index contributed by atoms with van der Waals surface area (Å²) in [6, 6.07) is 6.86. The lowest BCUT2D eigenvalue weighted by Gasteiger charge is -2.08. The van der Waals surface area contributed by atoms with Crippen molar-refractivity contribution in [3.63, 3.8) is 0 Å². The van der Waals surface area contributed by atoms with Crippen molar-refractivity contribution in [1.82, 2.24) is 4.57 Å². The molecule has 21 heavy (non-hydrogen) atoms. The molecule has 0 atom stereocenters. The molecule has 5 nitrogen and oxygen atoms in total. The van der Waals surface area contributed by atoms with E-state index in [1.54, 1.807) is 16.8 Å². The van der Waals surface area contributed by atoms with Gasteiger partial charge in [-0.3, -0.25) is 9.59 Å². The van der Waals surface area contributed by atoms with Gasteiger partial charge in [-0.15, -0.1) is 0 Å². The van der Waals surface area contributed by atoms with Gasteiger partial charge in [0, 0.05) is 31.6 Å². The van der Waals surface area contributed by atoms with Crippen molar-refractivity contribution in [2.24, 2.45) is 0 Å². The van der Waals surface area contributed by atoms with Crippen LogP contribution in [0.3, 0.4) is 0 Å². The third-order valence-corrected chi connectivity index (χ3v) is 3.13. The van der Waals surface area contributed by atoms with Gasteiger partial charge in [0.05, 0.1) is 5.69 Å². The van der Waals surface area contributed by atoms with Crippen molar-refractivity contribution >= 4 is 11.6 Å². The van der Waals surface area contributed by atoms with Crippen molar-refractivity contribution in [2.45, 2.75) is 39.7 Å². The molecule has 0 unspecified atom stereocenters. The highest BCUT2D eigenvalue weighted by molar-refractivity contribution is 5.90. The summed E-state index contributed by atoms with van der Waals surface area (Å²) < 4.78 is 7.03. The summed E-state index contributed by atoms with van der Waals surface area (Å²) in [4.78, 5) is 23.5. The molecule has 2 rings (SSSR count). The molecule has 1 N–H and O–H groups in total. The Bertz CT molecular complexity index is 670. The number of anilines is 1. The Morgan fingerprint density at radius 1 is 1.29 bits per heavy atom. The van der Waals surface area contributed by atoms with Crippen molar-refractivity contribution in [1.29, 1.82) is 0 Å². The topological polar surface area (TPSA) is 64.2 Å². The van der Waals surface area contributed by atoms with Gasteiger partial charge in [0.25, 0.3) is 5.56 Å². The number of aromatic nitrogens is 1. The second kappa shape index (κ2) is 6.92. The first-order valence-electron chi connectivity index (χ1n) is 7.14. The average molecular weight is 288 g/mol. The van der Waals surface area contributed by atoms with Crippen LogP contribution in [0.2, 0.25) is 0 Å². The van der Waals surface area contributed by atoms with Gasteiger partial charge in [-0.05, 0) is 31.5 Å². The van der Waals surface area contributed by atoms with E-state index in [2.05, 4.69) is 5.32 Å². The van der Waals surface area contributed by atoms with Gasteiger partial charge < -0.3 is 14.3 Å². The van der Waals surface area contributed by atoms with Crippen LogP contribution in [0.15, 0.2) is 39.7 Å². The minimum Gasteiger partial charge on any atom is -0.466 e. The predicted octanol–water partition coefficient (Wildman–Crippen LogP) is 2.73. The van der Waals surface area contributed by atoms with Gasteiger partial charge in [0.2, 0.25) is 5.91 Å². The summed E-state index contributed by atoms with van der Waals surface area (Å²) >= 11 is 0. The van der Waals surface area contributed by atoms with Crippen LogP contribution in [-0.4, -0.2) is 10.5 Å². The monoisotopic (exact) mass is 288 g/mol. The van der Waals surface area contributed by atoms with Gasteiger partial charge in [0.15, 0.2) is 0 Å². The van der Waals surface area contributed by atoms with Crippen molar-refractivity contribution in [3.05, 3.63) is 52.3 Å². The zero-order valence-corrected chi connectivity index (χ0v) is 12.4. The normalized spacial score (nSPS) is 10.6. The molecule has 0 radical (unpaired) electrons. The summed E-state index contributed by atoms with van der Waals surface area (Å²) in [5.41, 5.74) is 0.588. The molecule has 0 spiro atoms. The van der Waals surface area contributed by atoms with E-state index in [4.69, 9.17) is 4.42 Å². The molecule has 0 fully saturated rings. The maximum atomic E-state index is 11.9. The molecule has 1 amide bonds. The van der Waals surface area contributed by atoms with Crippen LogP contribution in [0, 0.1) is 6.92 Å². The Labute approximate surface area is 123 Å². The second-order valence-electron chi connectivity index (χ2n) is 5.01. The fourth-order valence-corrected chi connectivity index (χ4v) is 2.10. The average Bonchev–Trinajstić information content (AvgIpc) is 2.86. The number of rotatable bonds is 6. The van der Waals surface area contributed by atoms with Crippen molar-refractivity contribution < 1.29 is 9.21 Å². The first-order chi connectivity index (χ1) is 10.1. The van der Waals surface area contributed by atoms with Crippen molar-refractivity contribution in [3.8, 4) is 0 Å². The summed E-state index contributed by atoms with van der Waals surface area (Å²) in [5.74, 6) is 1.56. The summed E-state index contributed by atoms with van der Waals surface area (Å²) in [6.07, 6.45) is 3.46. The number of amides is 1. The molecule has 0 saturated heterocycles. The van der Waals surface area contributed by atoms with E-state index in [0.29, 0.717) is 25.1 Å². The minimum absolute atomic E-state index is 0.0547. The van der Waals surface area contributed by atoms with Crippen LogP contribution >= 0.6 is 0 Å². The second-order valence-corrected chi connectivity index (χ2v) is 5.01. The Morgan fingerprint density at radius 3 is 2.76 bits per heavy atom. The number of hydrogen-bond donors (Lipinski definition) is 1. The summed E-state index contributed by atoms with van der Waals surface area (Å²) in [6.45, 7) is 4.53. The number of carbonyl (C=O) groups is 1. The molecular weight excluding hydrogens is 268 g/mol. The lowest BCUT2D eigenvalue weighted by molar-refractivity contribution is -0.116. The fourth-order valence-electron chi connectivity index (χ4n) is 2.10. The molecule has 0 aliphatic rings. The van der Waals surface area contributed by atoms with Gasteiger partial charge in [-0.25, -0.2) is 0 Å². The molecule has 2 aromatic rings. The number of nitrogens with zero attached hydrogens (tertiary/aromatic N) is 1. The van der Waals surface area contributed by atoms with Crippen LogP contribution in [0.4, 0.5) is 5.69 Å². The minimum atomic E-state index is -0.0919. The molecule has 5 heteroatoms. The van der Waals surface area contributed by atoms with Gasteiger partial charge in [-0.1, -0.05) is 6.92 Å². The standard InChI is InChI=1S/C16H20N2O3/c1-3-10-18-11-13(5-9-16(18)20)17-15(19)8-7-14-6-4-12(2)21-14/h4-6,9,11H,3,7-8,10H2,1-2H3,(H,17,19). The molecule has 112 valence electrons. The van der Waals surface area contributed by atoms with Gasteiger partial charge in [0.1, 0.15) is 11.5 Å². The van der Waals surface area contributed by atoms with Gasteiger partial charge in [-0.2, -0.15) is 0 Å². The SMILES string of the molecule is CCCn1cc(NC(=O)CCc2ccc(C)o2)ccc1=O. The highest BCUT2D eigenvalue weighted by atomic mass is 16.3. The zero-order chi connectivity index (χ0) is 15.2. The Balaban J connectivity index is 1.93. The Morgan fingerprint density at radius 2 is 2.10 bits per heavy atom. The molecule has 0 aliphatic carbocycles. The summed E-state index contributed by atoms with van der Waals surface area (Å²) in [7, 11) is 0. The quantitative estimate of drug-likeness (QED) is 0.889. The highest BCUT2D eigenvalue weighted by Crippen LogP contribution is 2.10. The molecule has 0 aliphatic heterocycles. The largest absolute Gasteiger partial charge is 0.466 e. The lowest BCUT2D eigenvalue weighted by Crippen LogP contribution is -2.20. The van der Waals surface area contributed by atoms with Crippen LogP contribution in [0.5, 0.6) is 0 Å². The number of carbonyl (C=O) groups excluding carboxylic acids is 1. The van der Waals surface area contributed by atoms with E-state index in [1.807, 2.05) is 26.0 Å². The van der Waals surface area contributed by atoms with Crippen LogP contribution in [0.25, 0.3) is 0 Å². The molecule has 2 heterocycles. The van der Waals surface area contributed by atoms with E-state index in [-0.39, 0.29) is 11.5 Å². The predicted molar refractivity (Wildman–Crippen MR) is 81.4 cm³/mol. The first kappa shape index (κ1) is 15.1. The summed E-state index contributed by atoms with van der Waals surface area (Å²) in [5, 5.41) is 2.80. The van der Waals surface area contributed by atoms with E-state index < -0.39 is 0 Å². The maximum absolute atomic E-state index is 11.9. The van der Waals surface area contributed by atoms with Crippen LogP contribution in [0.1, 0.15) is 31.3 Å². The molecule has 0 bridgehead atoms. The third-order valence-electron chi connectivity index (χ3n) is 3.13. The fraction of sp³-hybridized carbons (Fsp3) is 0.375. The zero-order valence-electron chi connectivity index (χ0n) is 12.4. The highest BCUT2D eigenvalue weighted by Gasteiger charge is 2.06. The molecular formula is C16H20N2O3. The lowest BCUT2D eigenvalue weighted by atomic mass is 10.2. The van der Waals surface area contributed by atoms with E-state index >= 15 is 0 Å². The number of pyridine rings is 1. The van der Waals surface area contributed by atoms with Crippen molar-refractivity contribution in [2.75, 3.05) is 5.32 Å². The number of furan rings is 1. The Kier molecular flexibility index (Phi) is 4.98. The van der Waals surface area contributed by atoms with E-state index in [9.17, 15) is 9.59 Å².